The van der Waals surface area contributed by atoms with Gasteiger partial charge in [-0.25, -0.2) is 13.2 Å². The van der Waals surface area contributed by atoms with Crippen molar-refractivity contribution in [1.82, 2.24) is 10.3 Å². The number of carbonyl (C=O) groups is 1. The van der Waals surface area contributed by atoms with Crippen molar-refractivity contribution in [3.8, 4) is 0 Å². The van der Waals surface area contributed by atoms with Crippen LogP contribution in [0.2, 0.25) is 10.0 Å². The molecular formula is C30H24Cl2F3N3O. The summed E-state index contributed by atoms with van der Waals surface area (Å²) in [6, 6.07) is 11.7. The fourth-order valence-electron chi connectivity index (χ4n) is 4.47. The molecule has 1 amide bonds. The van der Waals surface area contributed by atoms with Gasteiger partial charge >= 0.3 is 0 Å². The number of nitrogens with zero attached hydrogens (tertiary/aromatic N) is 1. The zero-order chi connectivity index (χ0) is 28.1. The van der Waals surface area contributed by atoms with Gasteiger partial charge in [0.1, 0.15) is 17.5 Å². The zero-order valence-electron chi connectivity index (χ0n) is 20.9. The summed E-state index contributed by atoms with van der Waals surface area (Å²) in [6.07, 6.45) is 5.06. The van der Waals surface area contributed by atoms with Crippen molar-refractivity contribution in [2.24, 2.45) is 4.99 Å². The number of aromatic amines is 1. The van der Waals surface area contributed by atoms with Crippen LogP contribution in [0.3, 0.4) is 0 Å². The van der Waals surface area contributed by atoms with Gasteiger partial charge in [-0.15, -0.1) is 0 Å². The maximum absolute atomic E-state index is 14.0. The Hall–Kier alpha value is -3.81. The Balaban J connectivity index is 1.77. The van der Waals surface area contributed by atoms with Gasteiger partial charge < -0.3 is 10.3 Å². The van der Waals surface area contributed by atoms with E-state index in [4.69, 9.17) is 23.2 Å². The van der Waals surface area contributed by atoms with E-state index in [-0.39, 0.29) is 17.9 Å². The SMILES string of the molecule is C=N/C(=C(\C=C/C)c1cccc(Cl)c1Cl)[C@H](Cc1cc(F)cc(F)c1)NC(=O)Cc1c[nH]c2ccc(F)cc12. The topological polar surface area (TPSA) is 57.2 Å². The summed E-state index contributed by atoms with van der Waals surface area (Å²) in [5, 5.41) is 4.09. The summed E-state index contributed by atoms with van der Waals surface area (Å²) in [6.45, 7) is 5.51. The number of benzene rings is 3. The number of fused-ring (bicyclic) bond motifs is 1. The van der Waals surface area contributed by atoms with Gasteiger partial charge in [0.05, 0.1) is 28.2 Å². The monoisotopic (exact) mass is 569 g/mol. The Morgan fingerprint density at radius 1 is 1.08 bits per heavy atom. The highest BCUT2D eigenvalue weighted by atomic mass is 35.5. The average molecular weight is 570 g/mol. The molecule has 0 bridgehead atoms. The number of amides is 1. The van der Waals surface area contributed by atoms with Crippen LogP contribution in [-0.2, 0) is 17.6 Å². The first-order valence-corrected chi connectivity index (χ1v) is 12.7. The van der Waals surface area contributed by atoms with Crippen molar-refractivity contribution in [3.05, 3.63) is 123 Å². The summed E-state index contributed by atoms with van der Waals surface area (Å²) in [5.74, 6) is -2.34. The maximum atomic E-state index is 14.0. The van der Waals surface area contributed by atoms with Gasteiger partial charge in [-0.2, -0.15) is 0 Å². The molecule has 3 aromatic carbocycles. The third kappa shape index (κ3) is 6.61. The van der Waals surface area contributed by atoms with Gasteiger partial charge in [-0.05, 0) is 67.6 Å². The van der Waals surface area contributed by atoms with Crippen molar-refractivity contribution >= 4 is 52.3 Å². The molecule has 0 aliphatic carbocycles. The number of halogens is 5. The highest BCUT2D eigenvalue weighted by Gasteiger charge is 2.23. The fourth-order valence-corrected chi connectivity index (χ4v) is 4.87. The Kier molecular flexibility index (Phi) is 8.94. The molecule has 1 atom stereocenters. The van der Waals surface area contributed by atoms with Crippen LogP contribution in [-0.4, -0.2) is 23.7 Å². The Morgan fingerprint density at radius 2 is 1.82 bits per heavy atom. The van der Waals surface area contributed by atoms with E-state index in [0.29, 0.717) is 43.9 Å². The van der Waals surface area contributed by atoms with Crippen molar-refractivity contribution in [2.45, 2.75) is 25.8 Å². The molecule has 1 aromatic heterocycles. The Labute approximate surface area is 233 Å². The van der Waals surface area contributed by atoms with Crippen molar-refractivity contribution in [2.75, 3.05) is 0 Å². The summed E-state index contributed by atoms with van der Waals surface area (Å²) in [5.41, 5.74) is 2.95. The molecule has 200 valence electrons. The molecule has 4 nitrogen and oxygen atoms in total. The second kappa shape index (κ2) is 12.4. The predicted molar refractivity (Wildman–Crippen MR) is 152 cm³/mol. The number of aliphatic imine (C=N–C) groups is 1. The van der Waals surface area contributed by atoms with Crippen LogP contribution in [0.25, 0.3) is 16.5 Å². The van der Waals surface area contributed by atoms with E-state index in [2.05, 4.69) is 22.0 Å². The van der Waals surface area contributed by atoms with E-state index in [1.54, 1.807) is 49.5 Å². The summed E-state index contributed by atoms with van der Waals surface area (Å²) < 4.78 is 41.9. The minimum absolute atomic E-state index is 0.00345. The van der Waals surface area contributed by atoms with Crippen LogP contribution in [0, 0.1) is 17.5 Å². The van der Waals surface area contributed by atoms with Crippen LogP contribution in [0.1, 0.15) is 23.6 Å². The van der Waals surface area contributed by atoms with Gasteiger partial charge in [0.2, 0.25) is 5.91 Å². The molecule has 0 spiro atoms. The average Bonchev–Trinajstić information content (AvgIpc) is 3.26. The lowest BCUT2D eigenvalue weighted by Gasteiger charge is -2.23. The number of aromatic nitrogens is 1. The van der Waals surface area contributed by atoms with Crippen LogP contribution in [0.4, 0.5) is 13.2 Å². The lowest BCUT2D eigenvalue weighted by Crippen LogP contribution is -2.39. The Morgan fingerprint density at radius 3 is 2.51 bits per heavy atom. The number of hydrogen-bond donors (Lipinski definition) is 2. The Bertz CT molecular complexity index is 1590. The van der Waals surface area contributed by atoms with Crippen LogP contribution >= 0.6 is 23.2 Å². The number of H-pyrrole nitrogens is 1. The van der Waals surface area contributed by atoms with Gasteiger partial charge in [-0.1, -0.05) is 47.5 Å². The number of allylic oxidation sites excluding steroid dienone is 3. The van der Waals surface area contributed by atoms with E-state index >= 15 is 0 Å². The summed E-state index contributed by atoms with van der Waals surface area (Å²) >= 11 is 12.8. The molecule has 0 radical (unpaired) electrons. The van der Waals surface area contributed by atoms with Crippen LogP contribution in [0.5, 0.6) is 0 Å². The smallest absolute Gasteiger partial charge is 0.225 e. The number of nitrogens with one attached hydrogen (secondary N) is 2. The molecule has 0 saturated carbocycles. The number of hydrogen-bond acceptors (Lipinski definition) is 2. The second-order valence-corrected chi connectivity index (χ2v) is 9.63. The maximum Gasteiger partial charge on any atom is 0.225 e. The highest BCUT2D eigenvalue weighted by molar-refractivity contribution is 6.43. The highest BCUT2D eigenvalue weighted by Crippen LogP contribution is 2.34. The molecule has 0 aliphatic rings. The van der Waals surface area contributed by atoms with E-state index < -0.39 is 29.4 Å². The number of rotatable bonds is 9. The van der Waals surface area contributed by atoms with E-state index in [1.807, 2.05) is 0 Å². The minimum atomic E-state index is -0.862. The molecule has 0 unspecified atom stereocenters. The summed E-state index contributed by atoms with van der Waals surface area (Å²) in [4.78, 5) is 20.6. The first-order chi connectivity index (χ1) is 18.7. The largest absolute Gasteiger partial charge is 0.361 e. The van der Waals surface area contributed by atoms with Crippen molar-refractivity contribution in [3.63, 3.8) is 0 Å². The molecule has 0 fully saturated rings. The van der Waals surface area contributed by atoms with Gasteiger partial charge in [0.25, 0.3) is 0 Å². The lowest BCUT2D eigenvalue weighted by atomic mass is 9.95. The van der Waals surface area contributed by atoms with E-state index in [1.165, 1.54) is 24.3 Å². The predicted octanol–water partition coefficient (Wildman–Crippen LogP) is 7.85. The van der Waals surface area contributed by atoms with Gasteiger partial charge in [0, 0.05) is 34.3 Å². The molecule has 4 rings (SSSR count). The molecule has 2 N–H and O–H groups in total. The van der Waals surface area contributed by atoms with Crippen LogP contribution in [0.15, 0.2) is 83.6 Å². The molecule has 0 aliphatic heterocycles. The molecule has 4 aromatic rings. The molecule has 0 saturated heterocycles. The van der Waals surface area contributed by atoms with Gasteiger partial charge in [-0.3, -0.25) is 9.79 Å². The third-order valence-corrected chi connectivity index (χ3v) is 6.95. The third-order valence-electron chi connectivity index (χ3n) is 6.13. The number of carbonyl (C=O) groups excluding carboxylic acids is 1. The standard InChI is InChI=1S/C30H24Cl2F3N3O/c1-3-5-23(22-6-4-7-25(31)29(22)32)30(36-2)27(12-17-10-20(34)14-21(35)11-17)38-28(39)13-18-16-37-26-9-8-19(33)15-24(18)26/h3-11,14-16,27,37H,2,12-13H2,1H3,(H,38,39)/b5-3-,30-23+/t27-/m0/s1. The fraction of sp³-hybridized carbons (Fsp3) is 0.133. The zero-order valence-corrected chi connectivity index (χ0v) is 22.4. The van der Waals surface area contributed by atoms with E-state index in [0.717, 1.165) is 6.07 Å². The lowest BCUT2D eigenvalue weighted by molar-refractivity contribution is -0.120. The summed E-state index contributed by atoms with van der Waals surface area (Å²) in [7, 11) is 0. The minimum Gasteiger partial charge on any atom is -0.361 e. The van der Waals surface area contributed by atoms with Crippen molar-refractivity contribution < 1.29 is 18.0 Å². The van der Waals surface area contributed by atoms with Gasteiger partial charge in [0.15, 0.2) is 0 Å². The first kappa shape index (κ1) is 28.2. The quantitative estimate of drug-likeness (QED) is 0.156. The molecular weight excluding hydrogens is 546 g/mol. The molecule has 1 heterocycles. The van der Waals surface area contributed by atoms with E-state index in [9.17, 15) is 18.0 Å². The normalized spacial score (nSPS) is 13.0. The second-order valence-electron chi connectivity index (χ2n) is 8.84. The first-order valence-electron chi connectivity index (χ1n) is 12.0. The van der Waals surface area contributed by atoms with Crippen molar-refractivity contribution in [1.29, 1.82) is 0 Å². The molecule has 9 heteroatoms. The van der Waals surface area contributed by atoms with Crippen LogP contribution < -0.4 is 5.32 Å². The molecule has 39 heavy (non-hydrogen) atoms.